The van der Waals surface area contributed by atoms with Crippen molar-refractivity contribution in [2.75, 3.05) is 32.7 Å². The number of unbranched alkanes of at least 4 members (excludes halogenated alkanes) is 1. The number of hydrogen-bond donors (Lipinski definition) is 1. The molecule has 1 unspecified atom stereocenters. The Morgan fingerprint density at radius 1 is 1.35 bits per heavy atom. The van der Waals surface area contributed by atoms with Gasteiger partial charge in [0.25, 0.3) is 0 Å². The van der Waals surface area contributed by atoms with Crippen LogP contribution in [0, 0.1) is 22.7 Å². The van der Waals surface area contributed by atoms with Crippen LogP contribution in [-0.2, 0) is 0 Å². The largest absolute Gasteiger partial charge is 0.316 e. The van der Waals surface area contributed by atoms with Gasteiger partial charge >= 0.3 is 0 Å². The smallest absolute Gasteiger partial charge is 0.0683 e. The Morgan fingerprint density at radius 3 is 2.85 bits per heavy atom. The van der Waals surface area contributed by atoms with Crippen LogP contribution in [0.25, 0.3) is 0 Å². The molecule has 0 spiro atoms. The average Bonchev–Trinajstić information content (AvgIpc) is 2.45. The molecule has 1 saturated heterocycles. The third-order valence-electron chi connectivity index (χ3n) is 4.29. The highest BCUT2D eigenvalue weighted by Gasteiger charge is 2.20. The van der Waals surface area contributed by atoms with Gasteiger partial charge in [0, 0.05) is 6.54 Å². The summed E-state index contributed by atoms with van der Waals surface area (Å²) in [6.07, 6.45) is 7.40. The summed E-state index contributed by atoms with van der Waals surface area (Å²) in [6, 6.07) is 2.39. The van der Waals surface area contributed by atoms with Crippen molar-refractivity contribution in [2.24, 2.45) is 11.3 Å². The second-order valence-corrected chi connectivity index (χ2v) is 6.97. The maximum atomic E-state index is 9.01. The zero-order valence-electron chi connectivity index (χ0n) is 13.7. The Kier molecular flexibility index (Phi) is 8.18. The second-order valence-electron chi connectivity index (χ2n) is 6.97. The minimum absolute atomic E-state index is 0.144. The molecule has 1 aliphatic rings. The Balaban J connectivity index is 2.13. The molecule has 0 bridgehead atoms. The highest BCUT2D eigenvalue weighted by atomic mass is 15.1. The molecule has 1 atom stereocenters. The first-order valence-corrected chi connectivity index (χ1v) is 8.41. The van der Waals surface area contributed by atoms with Gasteiger partial charge in [-0.25, -0.2) is 0 Å². The van der Waals surface area contributed by atoms with E-state index < -0.39 is 0 Å². The van der Waals surface area contributed by atoms with Crippen molar-refractivity contribution in [1.82, 2.24) is 10.2 Å². The SMILES string of the molecule is CCCNCC1CCCN(CCCCC(C)(C)C#N)C1. The number of nitrogens with one attached hydrogen (secondary N) is 1. The van der Waals surface area contributed by atoms with Gasteiger partial charge in [-0.1, -0.05) is 13.3 Å². The molecule has 0 aromatic carbocycles. The maximum absolute atomic E-state index is 9.01. The molecule has 0 amide bonds. The molecule has 1 N–H and O–H groups in total. The zero-order valence-corrected chi connectivity index (χ0v) is 13.7. The van der Waals surface area contributed by atoms with Crippen LogP contribution < -0.4 is 5.32 Å². The first kappa shape index (κ1) is 17.5. The van der Waals surface area contributed by atoms with Gasteiger partial charge in [0.2, 0.25) is 0 Å². The van der Waals surface area contributed by atoms with E-state index in [1.807, 2.05) is 13.8 Å². The predicted molar refractivity (Wildman–Crippen MR) is 85.6 cm³/mol. The van der Waals surface area contributed by atoms with Gasteiger partial charge in [0.15, 0.2) is 0 Å². The topological polar surface area (TPSA) is 39.1 Å². The Labute approximate surface area is 125 Å². The average molecular weight is 279 g/mol. The fraction of sp³-hybridized carbons (Fsp3) is 0.941. The summed E-state index contributed by atoms with van der Waals surface area (Å²) in [4.78, 5) is 2.63. The Hall–Kier alpha value is -0.590. The molecule has 0 aliphatic carbocycles. The van der Waals surface area contributed by atoms with Gasteiger partial charge in [-0.3, -0.25) is 0 Å². The van der Waals surface area contributed by atoms with E-state index in [1.54, 1.807) is 0 Å². The van der Waals surface area contributed by atoms with Gasteiger partial charge in [0.05, 0.1) is 11.5 Å². The maximum Gasteiger partial charge on any atom is 0.0683 e. The lowest BCUT2D eigenvalue weighted by Crippen LogP contribution is -2.40. The van der Waals surface area contributed by atoms with E-state index in [9.17, 15) is 0 Å². The summed E-state index contributed by atoms with van der Waals surface area (Å²) >= 11 is 0. The lowest BCUT2D eigenvalue weighted by molar-refractivity contribution is 0.168. The van der Waals surface area contributed by atoms with Gasteiger partial charge in [-0.15, -0.1) is 0 Å². The summed E-state index contributed by atoms with van der Waals surface area (Å²) in [6.45, 7) is 12.4. The molecule has 116 valence electrons. The number of hydrogen-bond acceptors (Lipinski definition) is 3. The van der Waals surface area contributed by atoms with Crippen LogP contribution in [0.5, 0.6) is 0 Å². The van der Waals surface area contributed by atoms with Crippen LogP contribution in [0.1, 0.15) is 59.3 Å². The molecule has 0 aromatic heterocycles. The van der Waals surface area contributed by atoms with E-state index in [2.05, 4.69) is 23.2 Å². The van der Waals surface area contributed by atoms with Gasteiger partial charge in [-0.05, 0) is 78.0 Å². The first-order chi connectivity index (χ1) is 9.57. The van der Waals surface area contributed by atoms with Crippen molar-refractivity contribution in [2.45, 2.75) is 59.3 Å². The van der Waals surface area contributed by atoms with Crippen LogP contribution in [0.2, 0.25) is 0 Å². The summed E-state index contributed by atoms with van der Waals surface area (Å²) in [5.41, 5.74) is -0.144. The van der Waals surface area contributed by atoms with Crippen LogP contribution in [-0.4, -0.2) is 37.6 Å². The van der Waals surface area contributed by atoms with Crippen LogP contribution in [0.4, 0.5) is 0 Å². The van der Waals surface area contributed by atoms with Gasteiger partial charge < -0.3 is 10.2 Å². The fourth-order valence-corrected chi connectivity index (χ4v) is 2.96. The normalized spacial score (nSPS) is 20.8. The molecule has 0 saturated carbocycles. The molecule has 20 heavy (non-hydrogen) atoms. The van der Waals surface area contributed by atoms with Crippen molar-refractivity contribution in [3.8, 4) is 6.07 Å². The minimum Gasteiger partial charge on any atom is -0.316 e. The molecule has 0 aromatic rings. The van der Waals surface area contributed by atoms with Gasteiger partial charge in [0.1, 0.15) is 0 Å². The monoisotopic (exact) mass is 279 g/mol. The molecule has 3 heteroatoms. The van der Waals surface area contributed by atoms with E-state index in [4.69, 9.17) is 5.26 Å². The number of piperidine rings is 1. The van der Waals surface area contributed by atoms with Crippen LogP contribution in [0.15, 0.2) is 0 Å². The zero-order chi connectivity index (χ0) is 14.8. The van der Waals surface area contributed by atoms with Crippen LogP contribution in [0.3, 0.4) is 0 Å². The Morgan fingerprint density at radius 2 is 2.15 bits per heavy atom. The molecular formula is C17H33N3. The predicted octanol–water partition coefficient (Wildman–Crippen LogP) is 3.42. The summed E-state index contributed by atoms with van der Waals surface area (Å²) in [5.74, 6) is 0.839. The van der Waals surface area contributed by atoms with Crippen molar-refractivity contribution < 1.29 is 0 Å². The number of rotatable bonds is 9. The molecule has 0 radical (unpaired) electrons. The minimum atomic E-state index is -0.144. The molecule has 1 fully saturated rings. The fourth-order valence-electron chi connectivity index (χ4n) is 2.96. The number of likely N-dealkylation sites (tertiary alicyclic amines) is 1. The molecular weight excluding hydrogens is 246 g/mol. The summed E-state index contributed by atoms with van der Waals surface area (Å²) in [7, 11) is 0. The van der Waals surface area contributed by atoms with Crippen molar-refractivity contribution >= 4 is 0 Å². The van der Waals surface area contributed by atoms with Crippen molar-refractivity contribution in [1.29, 1.82) is 5.26 Å². The second kappa shape index (κ2) is 9.37. The quantitative estimate of drug-likeness (QED) is 0.657. The molecule has 3 nitrogen and oxygen atoms in total. The number of nitrogens with zero attached hydrogens (tertiary/aromatic N) is 2. The highest BCUT2D eigenvalue weighted by Crippen LogP contribution is 2.22. The third-order valence-corrected chi connectivity index (χ3v) is 4.29. The summed E-state index contributed by atoms with van der Waals surface area (Å²) < 4.78 is 0. The molecule has 1 aliphatic heterocycles. The third kappa shape index (κ3) is 7.26. The van der Waals surface area contributed by atoms with E-state index in [1.165, 1.54) is 58.3 Å². The van der Waals surface area contributed by atoms with Crippen molar-refractivity contribution in [3.63, 3.8) is 0 Å². The Bertz CT molecular complexity index is 293. The molecule has 1 heterocycles. The van der Waals surface area contributed by atoms with E-state index >= 15 is 0 Å². The van der Waals surface area contributed by atoms with E-state index in [0.29, 0.717) is 0 Å². The van der Waals surface area contributed by atoms with Crippen molar-refractivity contribution in [3.05, 3.63) is 0 Å². The lowest BCUT2D eigenvalue weighted by atomic mass is 9.89. The van der Waals surface area contributed by atoms with Crippen LogP contribution >= 0.6 is 0 Å². The lowest BCUT2D eigenvalue weighted by Gasteiger charge is -2.33. The number of nitriles is 1. The van der Waals surface area contributed by atoms with Gasteiger partial charge in [-0.2, -0.15) is 5.26 Å². The highest BCUT2D eigenvalue weighted by molar-refractivity contribution is 4.91. The van der Waals surface area contributed by atoms with E-state index in [0.717, 1.165) is 18.9 Å². The summed E-state index contributed by atoms with van der Waals surface area (Å²) in [5, 5.41) is 12.6. The first-order valence-electron chi connectivity index (χ1n) is 8.41. The molecule has 1 rings (SSSR count). The standard InChI is InChI=1S/C17H33N3/c1-4-10-19-13-16-8-7-12-20(14-16)11-6-5-9-17(2,3)15-18/h16,19H,4-14H2,1-3H3. The van der Waals surface area contributed by atoms with E-state index in [-0.39, 0.29) is 5.41 Å².